The maximum Gasteiger partial charge on any atom is 0.472 e. The van der Waals surface area contributed by atoms with Gasteiger partial charge in [0.1, 0.15) is 13.2 Å². The molecule has 0 aromatic heterocycles. The quantitative estimate of drug-likeness (QED) is 0.0243. The maximum absolute atomic E-state index is 13.1. The predicted molar refractivity (Wildman–Crippen MR) is 401 cm³/mol. The van der Waals surface area contributed by atoms with Crippen LogP contribution in [0.2, 0.25) is 0 Å². The number of rotatable bonds is 69. The number of nitrogens with one attached hydrogen (secondary N) is 1. The molecule has 3 unspecified atom stereocenters. The lowest BCUT2D eigenvalue weighted by atomic mass is 10.0. The summed E-state index contributed by atoms with van der Waals surface area (Å²) in [6, 6.07) is -0.882. The SMILES string of the molecule is CC/C=C\C/C=C\C/C=C\C/C=C\C/C=C\C/C=C\C/C=C\C/C=C\CCCCCCCCCCCCCCC(=O)NC(COP(=O)(O)OCC[N+](C)(C)C)C(O)/C=C/CC/C=C/CC/C=C/CCCCCCCCCCCCCCCCCCCCCCCC. The minimum Gasteiger partial charge on any atom is -0.387 e. The average molecular weight is 1290 g/mol. The highest BCUT2D eigenvalue weighted by atomic mass is 31.2. The van der Waals surface area contributed by atoms with Crippen molar-refractivity contribution in [2.75, 3.05) is 40.9 Å². The van der Waals surface area contributed by atoms with E-state index in [0.29, 0.717) is 17.4 Å². The van der Waals surface area contributed by atoms with Crippen LogP contribution in [0.5, 0.6) is 0 Å². The second-order valence-corrected chi connectivity index (χ2v) is 28.1. The van der Waals surface area contributed by atoms with E-state index in [1.807, 2.05) is 27.2 Å². The Morgan fingerprint density at radius 2 is 0.670 bits per heavy atom. The predicted octanol–water partition coefficient (Wildman–Crippen LogP) is 24.9. The molecule has 0 aromatic carbocycles. The highest BCUT2D eigenvalue weighted by molar-refractivity contribution is 7.47. The van der Waals surface area contributed by atoms with Gasteiger partial charge in [0.15, 0.2) is 0 Å². The zero-order valence-electron chi connectivity index (χ0n) is 60.0. The molecule has 3 atom stereocenters. The first-order chi connectivity index (χ1) is 44.5. The summed E-state index contributed by atoms with van der Waals surface area (Å²) < 4.78 is 23.8. The first-order valence-corrected chi connectivity index (χ1v) is 39.6. The Kier molecular flexibility index (Phi) is 68.3. The normalized spacial score (nSPS) is 14.3. The van der Waals surface area contributed by atoms with E-state index in [2.05, 4.69) is 141 Å². The number of amides is 1. The van der Waals surface area contributed by atoms with Crippen molar-refractivity contribution < 1.29 is 32.9 Å². The largest absolute Gasteiger partial charge is 0.472 e. The van der Waals surface area contributed by atoms with Gasteiger partial charge in [-0.1, -0.05) is 347 Å². The Labute approximate surface area is 564 Å². The fraction of sp³-hybridized carbons (Fsp3) is 0.720. The monoisotopic (exact) mass is 1290 g/mol. The maximum atomic E-state index is 13.1. The molecule has 1 amide bonds. The number of phosphoric ester groups is 1. The number of aliphatic hydroxyl groups excluding tert-OH is 1. The van der Waals surface area contributed by atoms with Gasteiger partial charge >= 0.3 is 7.82 Å². The molecule has 0 rings (SSSR count). The van der Waals surface area contributed by atoms with Gasteiger partial charge in [0.05, 0.1) is 39.9 Å². The number of unbranched alkanes of at least 4 members (excludes halogenated alkanes) is 36. The zero-order valence-corrected chi connectivity index (χ0v) is 60.9. The van der Waals surface area contributed by atoms with Crippen LogP contribution in [0, 0.1) is 0 Å². The number of likely N-dealkylation sites (N-methyl/N-ethyl adjacent to an activating group) is 1. The van der Waals surface area contributed by atoms with Crippen LogP contribution in [0.1, 0.15) is 328 Å². The molecule has 524 valence electrons. The van der Waals surface area contributed by atoms with Crippen molar-refractivity contribution in [3.63, 3.8) is 0 Å². The van der Waals surface area contributed by atoms with Crippen LogP contribution in [-0.4, -0.2) is 73.4 Å². The number of hydrogen-bond acceptors (Lipinski definition) is 5. The molecule has 0 saturated heterocycles. The summed E-state index contributed by atoms with van der Waals surface area (Å²) in [5.74, 6) is -0.195. The highest BCUT2D eigenvalue weighted by Gasteiger charge is 2.28. The van der Waals surface area contributed by atoms with E-state index >= 15 is 0 Å². The zero-order chi connectivity index (χ0) is 66.2. The van der Waals surface area contributed by atoms with Gasteiger partial charge in [0.2, 0.25) is 5.91 Å². The standard InChI is InChI=1S/C82H145N2O6P/c1-6-8-10-12-14-16-18-20-22-24-26-28-30-32-34-36-38-40-41-42-43-44-46-48-50-52-54-56-58-60-62-64-66-68-70-72-74-76-82(86)83-80(79-90-91(87,88)89-78-77-84(3,4)5)81(85)75-73-71-69-67-65-63-61-59-57-55-53-51-49-47-45-39-37-35-33-31-29-27-25-23-21-19-17-15-13-11-9-7-2/h8,10,14,16,20,22,26,28,32,34,38,40,42-43,46,48,57,59,65,67,73,75,80-81,85H,6-7,9,11-13,15,17-19,21,23-25,27,29-31,33,35-37,39,41,44-45,47,49-56,58,60-64,66,68-72,74,76-79H2,1-5H3,(H-,83,86,87,88)/p+1/b10-8-,16-14-,22-20-,28-26-,34-32-,40-38-,43-42-,48-46-,59-57+,67-65+,75-73+. The molecule has 3 N–H and O–H groups in total. The summed E-state index contributed by atoms with van der Waals surface area (Å²) in [6.45, 7) is 4.69. The van der Waals surface area contributed by atoms with Gasteiger partial charge in [-0.2, -0.15) is 0 Å². The van der Waals surface area contributed by atoms with Crippen molar-refractivity contribution in [3.05, 3.63) is 134 Å². The Balaban J connectivity index is 4.12. The Morgan fingerprint density at radius 3 is 1.01 bits per heavy atom. The fourth-order valence-corrected chi connectivity index (χ4v) is 11.5. The van der Waals surface area contributed by atoms with Gasteiger partial charge in [-0.25, -0.2) is 4.57 Å². The minimum atomic E-state index is -4.38. The molecule has 0 bridgehead atoms. The van der Waals surface area contributed by atoms with Crippen molar-refractivity contribution in [2.45, 2.75) is 341 Å². The molecule has 0 spiro atoms. The third-order valence-electron chi connectivity index (χ3n) is 16.6. The Morgan fingerprint density at radius 1 is 0.385 bits per heavy atom. The van der Waals surface area contributed by atoms with Crippen LogP contribution < -0.4 is 5.32 Å². The number of allylic oxidation sites excluding steroid dienone is 21. The molecule has 9 heteroatoms. The van der Waals surface area contributed by atoms with Crippen LogP contribution in [0.3, 0.4) is 0 Å². The molecule has 0 fully saturated rings. The first-order valence-electron chi connectivity index (χ1n) is 38.1. The lowest BCUT2D eigenvalue weighted by Gasteiger charge is -2.25. The van der Waals surface area contributed by atoms with Crippen LogP contribution in [-0.2, 0) is 18.4 Å². The van der Waals surface area contributed by atoms with Gasteiger partial charge in [-0.3, -0.25) is 13.8 Å². The van der Waals surface area contributed by atoms with Gasteiger partial charge < -0.3 is 19.8 Å². The smallest absolute Gasteiger partial charge is 0.387 e. The molecule has 0 aliphatic rings. The van der Waals surface area contributed by atoms with Crippen LogP contribution in [0.15, 0.2) is 134 Å². The van der Waals surface area contributed by atoms with Gasteiger partial charge in [0, 0.05) is 6.42 Å². The summed E-state index contributed by atoms with van der Waals surface area (Å²) in [5, 5.41) is 14.0. The lowest BCUT2D eigenvalue weighted by molar-refractivity contribution is -0.870. The molecule has 0 radical (unpaired) electrons. The molecule has 0 heterocycles. The second kappa shape index (κ2) is 70.9. The third-order valence-corrected chi connectivity index (χ3v) is 17.6. The molecule has 0 aliphatic heterocycles. The number of aliphatic hydroxyl groups is 1. The number of hydrogen-bond donors (Lipinski definition) is 3. The second-order valence-electron chi connectivity index (χ2n) is 26.6. The van der Waals surface area contributed by atoms with E-state index in [-0.39, 0.29) is 19.1 Å². The van der Waals surface area contributed by atoms with Gasteiger partial charge in [-0.05, 0) is 109 Å². The van der Waals surface area contributed by atoms with E-state index in [1.54, 1.807) is 6.08 Å². The molecule has 8 nitrogen and oxygen atoms in total. The number of carbonyl (C=O) groups is 1. The Hall–Kier alpha value is -3.36. The fourth-order valence-electron chi connectivity index (χ4n) is 10.7. The number of quaternary nitrogens is 1. The summed E-state index contributed by atoms with van der Waals surface area (Å²) in [7, 11) is 1.54. The van der Waals surface area contributed by atoms with Gasteiger partial charge in [0.25, 0.3) is 0 Å². The summed E-state index contributed by atoms with van der Waals surface area (Å²) in [5.41, 5.74) is 0. The van der Waals surface area contributed by atoms with Crippen molar-refractivity contribution in [2.24, 2.45) is 0 Å². The first kappa shape index (κ1) is 87.6. The number of phosphoric acid groups is 1. The van der Waals surface area contributed by atoms with E-state index < -0.39 is 20.0 Å². The van der Waals surface area contributed by atoms with E-state index in [0.717, 1.165) is 96.3 Å². The molecule has 91 heavy (non-hydrogen) atoms. The van der Waals surface area contributed by atoms with E-state index in [4.69, 9.17) is 9.05 Å². The topological polar surface area (TPSA) is 105 Å². The number of nitrogens with zero attached hydrogens (tertiary/aromatic N) is 1. The number of carbonyl (C=O) groups excluding carboxylic acids is 1. The molecular weight excluding hydrogens is 1140 g/mol. The van der Waals surface area contributed by atoms with Crippen LogP contribution in [0.25, 0.3) is 0 Å². The highest BCUT2D eigenvalue weighted by Crippen LogP contribution is 2.43. The average Bonchev–Trinajstić information content (AvgIpc) is 3.42. The van der Waals surface area contributed by atoms with Crippen LogP contribution in [0.4, 0.5) is 0 Å². The summed E-state index contributed by atoms with van der Waals surface area (Å²) in [6.07, 6.45) is 108. The molecule has 0 aliphatic carbocycles. The minimum absolute atomic E-state index is 0.0477. The van der Waals surface area contributed by atoms with E-state index in [1.165, 1.54) is 212 Å². The van der Waals surface area contributed by atoms with Gasteiger partial charge in [-0.15, -0.1) is 0 Å². The lowest BCUT2D eigenvalue weighted by Crippen LogP contribution is -2.45. The van der Waals surface area contributed by atoms with Crippen molar-refractivity contribution >= 4 is 13.7 Å². The van der Waals surface area contributed by atoms with Crippen molar-refractivity contribution in [3.8, 4) is 0 Å². The van der Waals surface area contributed by atoms with Crippen molar-refractivity contribution in [1.29, 1.82) is 0 Å². The summed E-state index contributed by atoms with van der Waals surface area (Å²) >= 11 is 0. The Bertz CT molecular complexity index is 1950. The summed E-state index contributed by atoms with van der Waals surface area (Å²) in [4.78, 5) is 23.5. The van der Waals surface area contributed by atoms with Crippen LogP contribution >= 0.6 is 7.82 Å². The van der Waals surface area contributed by atoms with Crippen molar-refractivity contribution in [1.82, 2.24) is 5.32 Å². The molecular formula is C82H146N2O6P+. The molecule has 0 aromatic rings. The molecule has 0 saturated carbocycles. The third kappa shape index (κ3) is 73.9. The van der Waals surface area contributed by atoms with E-state index in [9.17, 15) is 19.4 Å².